The average molecular weight is 186 g/mol. The fraction of sp³-hybridized carbons (Fsp3) is 0.250. The van der Waals surface area contributed by atoms with E-state index in [4.69, 9.17) is 4.74 Å². The maximum absolute atomic E-state index is 5.10. The zero-order chi connectivity index (χ0) is 8.27. The van der Waals surface area contributed by atoms with Crippen molar-refractivity contribution in [1.82, 2.24) is 0 Å². The lowest BCUT2D eigenvalue weighted by atomic mass is 10.3. The first-order valence-electron chi connectivity index (χ1n) is 3.19. The number of rotatable bonds is 2. The third-order valence-electron chi connectivity index (χ3n) is 1.39. The molecular weight excluding hydrogens is 176 g/mol. The Bertz CT molecular complexity index is 248. The van der Waals surface area contributed by atoms with Crippen molar-refractivity contribution >= 4 is 24.4 Å². The summed E-state index contributed by atoms with van der Waals surface area (Å²) in [6, 6.07) is 5.94. The summed E-state index contributed by atoms with van der Waals surface area (Å²) in [5, 5.41) is 0. The second-order valence-electron chi connectivity index (χ2n) is 2.04. The van der Waals surface area contributed by atoms with Gasteiger partial charge in [-0.25, -0.2) is 0 Å². The van der Waals surface area contributed by atoms with E-state index in [2.05, 4.69) is 12.6 Å². The monoisotopic (exact) mass is 186 g/mol. The number of benzene rings is 1. The first kappa shape index (κ1) is 8.81. The van der Waals surface area contributed by atoms with Gasteiger partial charge >= 0.3 is 0 Å². The van der Waals surface area contributed by atoms with Gasteiger partial charge in [-0.05, 0) is 24.5 Å². The minimum Gasteiger partial charge on any atom is -0.496 e. The van der Waals surface area contributed by atoms with Gasteiger partial charge < -0.3 is 4.74 Å². The zero-order valence-corrected chi connectivity index (χ0v) is 8.21. The van der Waals surface area contributed by atoms with Crippen LogP contribution in [0.3, 0.4) is 0 Å². The van der Waals surface area contributed by atoms with Crippen LogP contribution >= 0.6 is 24.4 Å². The maximum atomic E-state index is 5.10. The van der Waals surface area contributed by atoms with Crippen LogP contribution in [-0.4, -0.2) is 13.4 Å². The number of hydrogen-bond donors (Lipinski definition) is 1. The molecule has 0 saturated carbocycles. The summed E-state index contributed by atoms with van der Waals surface area (Å²) in [6.45, 7) is 0. The predicted molar refractivity (Wildman–Crippen MR) is 52.0 cm³/mol. The first-order chi connectivity index (χ1) is 5.27. The van der Waals surface area contributed by atoms with Crippen LogP contribution in [0, 0.1) is 0 Å². The molecule has 0 aromatic heterocycles. The molecule has 0 fully saturated rings. The van der Waals surface area contributed by atoms with Crippen LogP contribution in [0.4, 0.5) is 0 Å². The largest absolute Gasteiger partial charge is 0.496 e. The molecule has 0 atom stereocenters. The first-order valence-corrected chi connectivity index (χ1v) is 4.86. The van der Waals surface area contributed by atoms with E-state index in [0.717, 1.165) is 10.6 Å². The van der Waals surface area contributed by atoms with Gasteiger partial charge in [0.1, 0.15) is 5.75 Å². The number of ether oxygens (including phenoxy) is 1. The van der Waals surface area contributed by atoms with E-state index < -0.39 is 0 Å². The van der Waals surface area contributed by atoms with E-state index in [1.807, 2.05) is 24.5 Å². The van der Waals surface area contributed by atoms with Gasteiger partial charge in [-0.1, -0.05) is 0 Å². The van der Waals surface area contributed by atoms with Gasteiger partial charge in [-0.15, -0.1) is 24.4 Å². The van der Waals surface area contributed by atoms with Crippen LogP contribution in [0.15, 0.2) is 28.0 Å². The Hall–Kier alpha value is -0.280. The number of methoxy groups -OCH3 is 1. The molecule has 3 heteroatoms. The molecule has 1 aromatic rings. The lowest BCUT2D eigenvalue weighted by Gasteiger charge is -2.04. The fourth-order valence-electron chi connectivity index (χ4n) is 0.785. The number of hydrogen-bond acceptors (Lipinski definition) is 3. The van der Waals surface area contributed by atoms with Crippen LogP contribution < -0.4 is 4.74 Å². The summed E-state index contributed by atoms with van der Waals surface area (Å²) in [4.78, 5) is 2.07. The second kappa shape index (κ2) is 3.93. The Labute approximate surface area is 76.6 Å². The highest BCUT2D eigenvalue weighted by Crippen LogP contribution is 2.27. The Morgan fingerprint density at radius 2 is 2.18 bits per heavy atom. The van der Waals surface area contributed by atoms with Gasteiger partial charge in [-0.3, -0.25) is 0 Å². The average Bonchev–Trinajstić information content (AvgIpc) is 2.05. The molecule has 0 spiro atoms. The smallest absolute Gasteiger partial charge is 0.133 e. The number of thiol groups is 1. The van der Waals surface area contributed by atoms with E-state index >= 15 is 0 Å². The standard InChI is InChI=1S/C8H10OS2/c1-9-7-5-6(11-2)3-4-8(7)10/h3-5,10H,1-2H3. The summed E-state index contributed by atoms with van der Waals surface area (Å²) >= 11 is 5.92. The van der Waals surface area contributed by atoms with Crippen molar-refractivity contribution in [3.05, 3.63) is 18.2 Å². The zero-order valence-electron chi connectivity index (χ0n) is 6.50. The molecule has 0 aliphatic heterocycles. The Morgan fingerprint density at radius 3 is 2.73 bits per heavy atom. The second-order valence-corrected chi connectivity index (χ2v) is 3.40. The van der Waals surface area contributed by atoms with E-state index in [1.165, 1.54) is 4.90 Å². The molecule has 1 rings (SSSR count). The van der Waals surface area contributed by atoms with Crippen molar-refractivity contribution in [2.24, 2.45) is 0 Å². The Morgan fingerprint density at radius 1 is 1.45 bits per heavy atom. The molecule has 0 bridgehead atoms. The fourth-order valence-corrected chi connectivity index (χ4v) is 1.44. The molecular formula is C8H10OS2. The van der Waals surface area contributed by atoms with Crippen molar-refractivity contribution < 1.29 is 4.74 Å². The van der Waals surface area contributed by atoms with Gasteiger partial charge in [0, 0.05) is 9.79 Å². The summed E-state index contributed by atoms with van der Waals surface area (Å²) < 4.78 is 5.10. The van der Waals surface area contributed by atoms with Crippen LogP contribution in [0.2, 0.25) is 0 Å². The van der Waals surface area contributed by atoms with Crippen molar-refractivity contribution in [3.8, 4) is 5.75 Å². The van der Waals surface area contributed by atoms with Crippen molar-refractivity contribution in [2.45, 2.75) is 9.79 Å². The molecule has 0 aliphatic carbocycles. The third-order valence-corrected chi connectivity index (χ3v) is 2.48. The molecule has 1 aromatic carbocycles. The lowest BCUT2D eigenvalue weighted by Crippen LogP contribution is -1.84. The van der Waals surface area contributed by atoms with Gasteiger partial charge in [-0.2, -0.15) is 0 Å². The maximum Gasteiger partial charge on any atom is 0.133 e. The van der Waals surface area contributed by atoms with E-state index in [1.54, 1.807) is 18.9 Å². The molecule has 0 aliphatic rings. The van der Waals surface area contributed by atoms with Gasteiger partial charge in [0.15, 0.2) is 0 Å². The van der Waals surface area contributed by atoms with Crippen LogP contribution in [0.1, 0.15) is 0 Å². The van der Waals surface area contributed by atoms with Crippen LogP contribution in [0.25, 0.3) is 0 Å². The lowest BCUT2D eigenvalue weighted by molar-refractivity contribution is 0.404. The quantitative estimate of drug-likeness (QED) is 0.562. The molecule has 0 amide bonds. The third kappa shape index (κ3) is 2.07. The Kier molecular flexibility index (Phi) is 3.15. The molecule has 60 valence electrons. The van der Waals surface area contributed by atoms with Crippen LogP contribution in [0.5, 0.6) is 5.75 Å². The van der Waals surface area contributed by atoms with Crippen LogP contribution in [-0.2, 0) is 0 Å². The molecule has 1 nitrogen and oxygen atoms in total. The highest BCUT2D eigenvalue weighted by molar-refractivity contribution is 7.98. The van der Waals surface area contributed by atoms with Crippen molar-refractivity contribution in [2.75, 3.05) is 13.4 Å². The van der Waals surface area contributed by atoms with Crippen molar-refractivity contribution in [1.29, 1.82) is 0 Å². The Balaban J connectivity index is 3.02. The molecule has 0 saturated heterocycles. The highest BCUT2D eigenvalue weighted by Gasteiger charge is 1.98. The molecule has 0 radical (unpaired) electrons. The summed E-state index contributed by atoms with van der Waals surface area (Å²) in [6.07, 6.45) is 2.03. The van der Waals surface area contributed by atoms with E-state index in [-0.39, 0.29) is 0 Å². The van der Waals surface area contributed by atoms with E-state index in [0.29, 0.717) is 0 Å². The predicted octanol–water partition coefficient (Wildman–Crippen LogP) is 2.71. The SMILES string of the molecule is COc1cc(SC)ccc1S. The normalized spacial score (nSPS) is 9.73. The minimum absolute atomic E-state index is 0.834. The van der Waals surface area contributed by atoms with Crippen molar-refractivity contribution in [3.63, 3.8) is 0 Å². The highest BCUT2D eigenvalue weighted by atomic mass is 32.2. The van der Waals surface area contributed by atoms with Gasteiger partial charge in [0.05, 0.1) is 7.11 Å². The van der Waals surface area contributed by atoms with E-state index in [9.17, 15) is 0 Å². The van der Waals surface area contributed by atoms with Gasteiger partial charge in [0.2, 0.25) is 0 Å². The summed E-state index contributed by atoms with van der Waals surface area (Å²) in [5.74, 6) is 0.834. The molecule has 0 N–H and O–H groups in total. The van der Waals surface area contributed by atoms with Gasteiger partial charge in [0.25, 0.3) is 0 Å². The summed E-state index contributed by atoms with van der Waals surface area (Å²) in [7, 11) is 1.65. The molecule has 0 heterocycles. The minimum atomic E-state index is 0.834. The number of thioether (sulfide) groups is 1. The molecule has 0 unspecified atom stereocenters. The molecule has 11 heavy (non-hydrogen) atoms. The topological polar surface area (TPSA) is 9.23 Å². The summed E-state index contributed by atoms with van der Waals surface area (Å²) in [5.41, 5.74) is 0.